The zero-order chi connectivity index (χ0) is 21.1. The van der Waals surface area contributed by atoms with E-state index < -0.39 is 11.7 Å². The van der Waals surface area contributed by atoms with Gasteiger partial charge in [0.15, 0.2) is 11.6 Å². The molecular weight excluding hydrogens is 397 g/mol. The highest BCUT2D eigenvalue weighted by atomic mass is 19.4. The van der Waals surface area contributed by atoms with E-state index in [-0.39, 0.29) is 12.1 Å². The Labute approximate surface area is 173 Å². The highest BCUT2D eigenvalue weighted by Crippen LogP contribution is 2.34. The summed E-state index contributed by atoms with van der Waals surface area (Å²) in [5.74, 6) is 1.50. The molecular formula is C20H25F3N6O. The van der Waals surface area contributed by atoms with Crippen LogP contribution in [0.15, 0.2) is 24.3 Å². The van der Waals surface area contributed by atoms with Crippen LogP contribution in [0.2, 0.25) is 0 Å². The van der Waals surface area contributed by atoms with Crippen LogP contribution in [0.3, 0.4) is 0 Å². The fourth-order valence-electron chi connectivity index (χ4n) is 3.79. The summed E-state index contributed by atoms with van der Waals surface area (Å²) in [6.45, 7) is 4.11. The molecule has 2 aliphatic rings. The lowest BCUT2D eigenvalue weighted by Gasteiger charge is -2.29. The van der Waals surface area contributed by atoms with Gasteiger partial charge >= 0.3 is 6.18 Å². The normalized spacial score (nSPS) is 17.4. The summed E-state index contributed by atoms with van der Waals surface area (Å²) in [7, 11) is 0. The van der Waals surface area contributed by atoms with Crippen LogP contribution in [0.4, 0.5) is 36.4 Å². The second kappa shape index (κ2) is 8.55. The number of nitrogen functional groups attached to an aromatic ring is 1. The van der Waals surface area contributed by atoms with Crippen LogP contribution in [-0.2, 0) is 17.5 Å². The van der Waals surface area contributed by atoms with Crippen LogP contribution < -0.4 is 20.9 Å². The summed E-state index contributed by atoms with van der Waals surface area (Å²) in [4.78, 5) is 13.4. The summed E-state index contributed by atoms with van der Waals surface area (Å²) in [5.41, 5.74) is 6.18. The van der Waals surface area contributed by atoms with Crippen molar-refractivity contribution in [1.82, 2.24) is 9.97 Å². The van der Waals surface area contributed by atoms with Gasteiger partial charge in [-0.15, -0.1) is 0 Å². The number of anilines is 4. The van der Waals surface area contributed by atoms with Gasteiger partial charge in [0, 0.05) is 32.7 Å². The average Bonchev–Trinajstić information content (AvgIpc) is 3.28. The number of morpholine rings is 1. The van der Waals surface area contributed by atoms with Gasteiger partial charge in [0.05, 0.1) is 18.8 Å². The second-order valence-corrected chi connectivity index (χ2v) is 7.41. The largest absolute Gasteiger partial charge is 0.416 e. The molecule has 3 heterocycles. The van der Waals surface area contributed by atoms with Crippen molar-refractivity contribution in [2.75, 3.05) is 60.2 Å². The third-order valence-corrected chi connectivity index (χ3v) is 5.38. The molecule has 0 saturated carbocycles. The molecule has 0 spiro atoms. The van der Waals surface area contributed by atoms with Gasteiger partial charge in [-0.3, -0.25) is 0 Å². The number of aromatic nitrogens is 2. The molecule has 2 fully saturated rings. The Morgan fingerprint density at radius 1 is 1.00 bits per heavy atom. The van der Waals surface area contributed by atoms with Crippen LogP contribution in [0.1, 0.15) is 24.0 Å². The van der Waals surface area contributed by atoms with Crippen LogP contribution in [-0.4, -0.2) is 49.4 Å². The molecule has 30 heavy (non-hydrogen) atoms. The molecule has 4 rings (SSSR count). The van der Waals surface area contributed by atoms with Crippen LogP contribution in [0.25, 0.3) is 0 Å². The second-order valence-electron chi connectivity index (χ2n) is 7.41. The first-order valence-electron chi connectivity index (χ1n) is 10.1. The summed E-state index contributed by atoms with van der Waals surface area (Å²) >= 11 is 0. The molecule has 0 aliphatic carbocycles. The summed E-state index contributed by atoms with van der Waals surface area (Å²) in [6, 6.07) is 5.50. The SMILES string of the molecule is Nc1c(NCc2ccccc2C(F)(F)F)nc(N2CCOCC2)nc1N1CCCC1. The van der Waals surface area contributed by atoms with Gasteiger partial charge in [0.2, 0.25) is 5.95 Å². The number of halogens is 3. The van der Waals surface area contributed by atoms with Crippen LogP contribution >= 0.6 is 0 Å². The van der Waals surface area contributed by atoms with Crippen molar-refractivity contribution in [3.05, 3.63) is 35.4 Å². The number of alkyl halides is 3. The Kier molecular flexibility index (Phi) is 5.85. The van der Waals surface area contributed by atoms with E-state index in [1.54, 1.807) is 6.07 Å². The Hall–Kier alpha value is -2.75. The summed E-state index contributed by atoms with van der Waals surface area (Å²) in [6.07, 6.45) is -2.31. The summed E-state index contributed by atoms with van der Waals surface area (Å²) < 4.78 is 45.4. The lowest BCUT2D eigenvalue weighted by atomic mass is 10.1. The van der Waals surface area contributed by atoms with Gasteiger partial charge in [-0.25, -0.2) is 0 Å². The average molecular weight is 422 g/mol. The first-order chi connectivity index (χ1) is 14.4. The molecule has 2 saturated heterocycles. The molecule has 0 atom stereocenters. The zero-order valence-corrected chi connectivity index (χ0v) is 16.6. The smallest absolute Gasteiger partial charge is 0.393 e. The summed E-state index contributed by atoms with van der Waals surface area (Å²) in [5, 5.41) is 3.02. The van der Waals surface area contributed by atoms with Gasteiger partial charge in [-0.1, -0.05) is 18.2 Å². The van der Waals surface area contributed by atoms with Crippen molar-refractivity contribution in [2.24, 2.45) is 0 Å². The van der Waals surface area contributed by atoms with Gasteiger partial charge in [0.25, 0.3) is 0 Å². The fourth-order valence-corrected chi connectivity index (χ4v) is 3.79. The molecule has 2 aliphatic heterocycles. The van der Waals surface area contributed by atoms with E-state index in [2.05, 4.69) is 15.2 Å². The lowest BCUT2D eigenvalue weighted by Crippen LogP contribution is -2.38. The predicted octanol–water partition coefficient (Wildman–Crippen LogP) is 3.13. The quantitative estimate of drug-likeness (QED) is 0.766. The Morgan fingerprint density at radius 3 is 2.40 bits per heavy atom. The number of benzene rings is 1. The minimum absolute atomic E-state index is 0.0428. The predicted molar refractivity (Wildman–Crippen MR) is 110 cm³/mol. The van der Waals surface area contributed by atoms with Gasteiger partial charge < -0.3 is 25.6 Å². The third-order valence-electron chi connectivity index (χ3n) is 5.38. The maximum atomic E-state index is 13.3. The molecule has 162 valence electrons. The topological polar surface area (TPSA) is 79.5 Å². The van der Waals surface area contributed by atoms with Gasteiger partial charge in [-0.2, -0.15) is 23.1 Å². The van der Waals surface area contributed by atoms with E-state index in [0.717, 1.165) is 32.0 Å². The molecule has 0 unspecified atom stereocenters. The highest BCUT2D eigenvalue weighted by molar-refractivity contribution is 5.77. The molecule has 2 aromatic rings. The minimum Gasteiger partial charge on any atom is -0.393 e. The molecule has 1 aromatic carbocycles. The molecule has 10 heteroatoms. The molecule has 0 bridgehead atoms. The maximum Gasteiger partial charge on any atom is 0.416 e. The van der Waals surface area contributed by atoms with E-state index in [1.807, 2.05) is 4.90 Å². The van der Waals surface area contributed by atoms with E-state index in [1.165, 1.54) is 12.1 Å². The molecule has 0 amide bonds. The van der Waals surface area contributed by atoms with Gasteiger partial charge in [0.1, 0.15) is 5.69 Å². The standard InChI is InChI=1S/C20H25F3N6O/c21-20(22,23)15-6-2-1-5-14(15)13-25-17-16(24)18(28-7-3-4-8-28)27-19(26-17)29-9-11-30-12-10-29/h1-2,5-6H,3-4,7-13,24H2,(H,25,26,27). The van der Waals surface area contributed by atoms with Crippen molar-refractivity contribution < 1.29 is 17.9 Å². The number of hydrogen-bond acceptors (Lipinski definition) is 7. The Balaban J connectivity index is 1.64. The molecule has 3 N–H and O–H groups in total. The first kappa shape index (κ1) is 20.5. The minimum atomic E-state index is -4.42. The first-order valence-corrected chi connectivity index (χ1v) is 10.1. The molecule has 7 nitrogen and oxygen atoms in total. The number of ether oxygens (including phenoxy) is 1. The number of rotatable bonds is 5. The van der Waals surface area contributed by atoms with Crippen molar-refractivity contribution >= 4 is 23.3 Å². The molecule has 0 radical (unpaired) electrons. The number of nitrogens with zero attached hydrogens (tertiary/aromatic N) is 4. The van der Waals surface area contributed by atoms with E-state index in [9.17, 15) is 13.2 Å². The van der Waals surface area contributed by atoms with Crippen LogP contribution in [0.5, 0.6) is 0 Å². The molecule has 1 aromatic heterocycles. The van der Waals surface area contributed by atoms with E-state index in [0.29, 0.717) is 49.6 Å². The number of hydrogen-bond donors (Lipinski definition) is 2. The highest BCUT2D eigenvalue weighted by Gasteiger charge is 2.33. The van der Waals surface area contributed by atoms with E-state index in [4.69, 9.17) is 15.5 Å². The van der Waals surface area contributed by atoms with Crippen molar-refractivity contribution in [3.8, 4) is 0 Å². The van der Waals surface area contributed by atoms with Crippen molar-refractivity contribution in [1.29, 1.82) is 0 Å². The monoisotopic (exact) mass is 422 g/mol. The maximum absolute atomic E-state index is 13.3. The Bertz CT molecular complexity index is 879. The van der Waals surface area contributed by atoms with Crippen LogP contribution in [0, 0.1) is 0 Å². The van der Waals surface area contributed by atoms with Crippen molar-refractivity contribution in [3.63, 3.8) is 0 Å². The zero-order valence-electron chi connectivity index (χ0n) is 16.6. The fraction of sp³-hybridized carbons (Fsp3) is 0.500. The lowest BCUT2D eigenvalue weighted by molar-refractivity contribution is -0.138. The van der Waals surface area contributed by atoms with Gasteiger partial charge in [-0.05, 0) is 24.5 Å². The number of nitrogens with one attached hydrogen (secondary N) is 1. The van der Waals surface area contributed by atoms with E-state index >= 15 is 0 Å². The number of nitrogens with two attached hydrogens (primary N) is 1. The Morgan fingerprint density at radius 2 is 1.70 bits per heavy atom. The third kappa shape index (κ3) is 4.38. The van der Waals surface area contributed by atoms with Crippen molar-refractivity contribution in [2.45, 2.75) is 25.6 Å².